The largest absolute Gasteiger partial charge is 0.358 e. The highest BCUT2D eigenvalue weighted by Crippen LogP contribution is 1.58. The third kappa shape index (κ3) is 13.6. The molecule has 0 radical (unpaired) electrons. The smallest absolute Gasteiger partial charge is 0.0000000000000000644 e. The van der Waals surface area contributed by atoms with E-state index in [-0.39, 0.29) is 0 Å². The van der Waals surface area contributed by atoms with Crippen LogP contribution in [0.25, 0.3) is 0 Å². The molecule has 0 heterocycles. The molecule has 0 aromatic rings. The lowest BCUT2D eigenvalue weighted by Crippen LogP contribution is -1.56. The van der Waals surface area contributed by atoms with Crippen LogP contribution >= 0.6 is 0 Å². The van der Waals surface area contributed by atoms with Gasteiger partial charge >= 0.3 is 0 Å². The van der Waals surface area contributed by atoms with Crippen molar-refractivity contribution >= 4 is 0 Å². The Bertz CT molecular complexity index is 857. The van der Waals surface area contributed by atoms with Crippen LogP contribution in [0.3, 0.4) is 0 Å². The maximum atomic E-state index is 6.49. The summed E-state index contributed by atoms with van der Waals surface area (Å²) in [5, 5.41) is 0. The monoisotopic (exact) mass is 241 g/mol. The van der Waals surface area contributed by atoms with Gasteiger partial charge in [-0.2, -0.15) is 0 Å². The summed E-state index contributed by atoms with van der Waals surface area (Å²) in [6, 6.07) is 0. The van der Waals surface area contributed by atoms with E-state index in [0.717, 1.165) is 0 Å². The first-order valence-corrected chi connectivity index (χ1v) is 4.79. The van der Waals surface area contributed by atoms with Crippen molar-refractivity contribution in [2.24, 2.45) is 0 Å². The van der Waals surface area contributed by atoms with Gasteiger partial charge in [-0.1, -0.05) is 0 Å². The first-order chi connectivity index (χ1) is 9.91. The molecule has 0 saturated carbocycles. The zero-order valence-corrected chi connectivity index (χ0v) is 10.1. The Morgan fingerprint density at radius 3 is 0.900 bits per heavy atom. The fraction of sp³-hybridized carbons (Fsp3) is 0. The number of hydrogen-bond acceptors (Lipinski definition) is 0. The molecule has 0 unspecified atom stereocenters. The average Bonchev–Trinajstić information content (AvgIpc) is 2.47. The van der Waals surface area contributed by atoms with E-state index in [9.17, 15) is 0 Å². The van der Waals surface area contributed by atoms with E-state index >= 15 is 0 Å². The molecule has 0 amide bonds. The summed E-state index contributed by atoms with van der Waals surface area (Å²) in [6.07, 6.45) is 11.4. The van der Waals surface area contributed by atoms with Gasteiger partial charge in [-0.25, -0.2) is 5.92 Å². The number of terminal acetylenes is 1. The molecule has 0 nitrogen and oxygen atoms in total. The Morgan fingerprint density at radius 2 is 0.650 bits per heavy atom. The van der Waals surface area contributed by atoms with Gasteiger partial charge in [0, 0.05) is 0 Å². The lowest BCUT2D eigenvalue weighted by molar-refractivity contribution is 2.33. The zero-order valence-electron chi connectivity index (χ0n) is 10.1. The van der Waals surface area contributed by atoms with Gasteiger partial charge in [-0.3, -0.25) is 5.92 Å². The average molecular weight is 241 g/mol. The van der Waals surface area contributed by atoms with E-state index in [4.69, 9.17) is 12.8 Å². The topological polar surface area (TPSA) is 0 Å². The highest BCUT2D eigenvalue weighted by molar-refractivity contribution is 5.46. The predicted octanol–water partition coefficient (Wildman–Crippen LogP) is 0.237. The summed E-state index contributed by atoms with van der Waals surface area (Å²) in [6.45, 7) is 0. The molecule has 0 aliphatic carbocycles. The van der Waals surface area contributed by atoms with Crippen molar-refractivity contribution in [1.82, 2.24) is 0 Å². The molecule has 0 aliphatic heterocycles. The lowest BCUT2D eigenvalue weighted by Gasteiger charge is -1.63. The van der Waals surface area contributed by atoms with E-state index in [1.807, 2.05) is 5.92 Å². The van der Waals surface area contributed by atoms with Crippen molar-refractivity contribution < 1.29 is 0 Å². The van der Waals surface area contributed by atoms with Crippen LogP contribution in [0.5, 0.6) is 0 Å². The van der Waals surface area contributed by atoms with Gasteiger partial charge < -0.3 is 6.42 Å². The van der Waals surface area contributed by atoms with Gasteiger partial charge in [0.25, 0.3) is 0 Å². The maximum absolute atomic E-state index is 6.49. The van der Waals surface area contributed by atoms with Crippen LogP contribution in [-0.4, -0.2) is 0 Å². The molecular weight excluding hydrogens is 240 g/mol. The molecule has 0 bridgehead atoms. The second-order valence-electron chi connectivity index (χ2n) is 2.27. The first-order valence-electron chi connectivity index (χ1n) is 4.79. The van der Waals surface area contributed by atoms with Crippen LogP contribution in [0.2, 0.25) is 0 Å². The van der Waals surface area contributed by atoms with Gasteiger partial charge in [0.15, 0.2) is 0 Å². The molecule has 20 heavy (non-hydrogen) atoms. The van der Waals surface area contributed by atoms with Gasteiger partial charge in [-0.05, 0) is 88.8 Å². The minimum atomic E-state index is 1.87. The maximum Gasteiger partial charge on any atom is -0.0000000000000000644 e. The van der Waals surface area contributed by atoms with E-state index < -0.39 is 0 Å². The van der Waals surface area contributed by atoms with E-state index in [1.54, 1.807) is 0 Å². The molecule has 0 saturated heterocycles. The Kier molecular flexibility index (Phi) is 11.4. The molecule has 0 fully saturated rings. The Labute approximate surface area is 120 Å². The fourth-order valence-electron chi connectivity index (χ4n) is 0.505. The number of rotatable bonds is 0. The van der Waals surface area contributed by atoms with Crippen molar-refractivity contribution in [1.29, 1.82) is 0 Å². The zero-order chi connectivity index (χ0) is 14.7. The van der Waals surface area contributed by atoms with E-state index in [0.29, 0.717) is 0 Å². The molecule has 0 heteroatoms. The number of hydrogen-bond donors (Lipinski definition) is 0. The Hall–Kier alpha value is -4.40. The molecule has 0 atom stereocenters. The van der Waals surface area contributed by atoms with Crippen molar-refractivity contribution in [2.45, 2.75) is 0 Å². The standard InChI is InChI=1S/C20H/c1-3-5-7-9-11-13-15-17-19-20-18-16-14-12-10-8-6-4-2/h1H/q-1. The summed E-state index contributed by atoms with van der Waals surface area (Å²) < 4.78 is 0. The van der Waals surface area contributed by atoms with Crippen LogP contribution in [0.4, 0.5) is 0 Å². The van der Waals surface area contributed by atoms with Crippen LogP contribution < -0.4 is 0 Å². The van der Waals surface area contributed by atoms with Crippen molar-refractivity contribution in [3.8, 4) is 113 Å². The van der Waals surface area contributed by atoms with E-state index in [2.05, 4.69) is 101 Å². The molecule has 0 aliphatic rings. The Morgan fingerprint density at radius 1 is 0.400 bits per heavy atom. The first kappa shape index (κ1) is 15.6. The van der Waals surface area contributed by atoms with Crippen molar-refractivity contribution in [2.75, 3.05) is 0 Å². The van der Waals surface area contributed by atoms with Crippen LogP contribution in [0.15, 0.2) is 0 Å². The molecular formula is C20H-. The van der Waals surface area contributed by atoms with Crippen molar-refractivity contribution in [3.63, 3.8) is 0 Å². The molecule has 0 aromatic carbocycles. The molecule has 0 rings (SSSR count). The van der Waals surface area contributed by atoms with Gasteiger partial charge in [0.05, 0.1) is 0 Å². The molecule has 0 spiro atoms. The summed E-state index contributed by atoms with van der Waals surface area (Å²) in [7, 11) is 0. The third-order valence-electron chi connectivity index (χ3n) is 1.07. The van der Waals surface area contributed by atoms with E-state index in [1.165, 1.54) is 0 Å². The second kappa shape index (κ2) is 14.6. The lowest BCUT2D eigenvalue weighted by atomic mass is 10.5. The quantitative estimate of drug-likeness (QED) is 0.421. The van der Waals surface area contributed by atoms with Gasteiger partial charge in [0.1, 0.15) is 0 Å². The second-order valence-corrected chi connectivity index (χ2v) is 2.27. The Balaban J connectivity index is 4.34. The third-order valence-corrected chi connectivity index (χ3v) is 1.07. The van der Waals surface area contributed by atoms with Crippen LogP contribution in [0.1, 0.15) is 0 Å². The summed E-state index contributed by atoms with van der Waals surface area (Å²) in [5.74, 6) is 42.6. The molecule has 0 aromatic heterocycles. The van der Waals surface area contributed by atoms with Crippen molar-refractivity contribution in [3.05, 3.63) is 6.42 Å². The molecule has 0 N–H and O–H groups in total. The normalized spacial score (nSPS) is 3.70. The minimum absolute atomic E-state index is 1.87. The highest BCUT2D eigenvalue weighted by atomic mass is 13.6. The van der Waals surface area contributed by atoms with Gasteiger partial charge in [-0.15, -0.1) is 12.3 Å². The predicted molar refractivity (Wildman–Crippen MR) is 78.2 cm³/mol. The summed E-state index contributed by atoms with van der Waals surface area (Å²) in [4.78, 5) is 0. The SMILES string of the molecule is [C-]#CC#CC#CC#CC#CC#CC#CC#CC#CC#C. The highest BCUT2D eigenvalue weighted by Gasteiger charge is 1.57. The van der Waals surface area contributed by atoms with Crippen LogP contribution in [-0.2, 0) is 0 Å². The minimum Gasteiger partial charge on any atom is -0.358 e. The fourth-order valence-corrected chi connectivity index (χ4v) is 0.505. The molecule has 82 valence electrons. The summed E-state index contributed by atoms with van der Waals surface area (Å²) >= 11 is 0. The van der Waals surface area contributed by atoms with Gasteiger partial charge in [0.2, 0.25) is 0 Å². The summed E-state index contributed by atoms with van der Waals surface area (Å²) in [5.41, 5.74) is 0. The van der Waals surface area contributed by atoms with Crippen LogP contribution in [0, 0.1) is 119 Å².